The van der Waals surface area contributed by atoms with Gasteiger partial charge in [-0.3, -0.25) is 0 Å². The van der Waals surface area contributed by atoms with Crippen LogP contribution in [0.1, 0.15) is 11.7 Å². The van der Waals surface area contributed by atoms with E-state index in [0.717, 1.165) is 3.70 Å². The number of rotatable bonds is 2. The molecule has 0 bridgehead atoms. The number of hydrogen-bond donors (Lipinski definition) is 3. The van der Waals surface area contributed by atoms with Crippen molar-refractivity contribution in [3.63, 3.8) is 0 Å². The molecule has 0 aliphatic rings. The Hall–Kier alpha value is -0.400. The Balaban J connectivity index is 3.04. The monoisotopic (exact) mass is 280 g/mol. The highest BCUT2D eigenvalue weighted by atomic mass is 127. The van der Waals surface area contributed by atoms with E-state index >= 15 is 0 Å². The molecule has 0 fully saturated rings. The van der Waals surface area contributed by atoms with E-state index in [4.69, 9.17) is 10.8 Å². The summed E-state index contributed by atoms with van der Waals surface area (Å²) in [7, 11) is 0. The molecule has 4 nitrogen and oxygen atoms in total. The molecule has 0 aromatic carbocycles. The first-order valence-corrected chi connectivity index (χ1v) is 4.45. The smallest absolute Gasteiger partial charge is 0.138 e. The molecule has 4 N–H and O–H groups in total. The molecule has 0 amide bonds. The van der Waals surface area contributed by atoms with Crippen LogP contribution in [0.3, 0.4) is 0 Å². The van der Waals surface area contributed by atoms with E-state index in [0.29, 0.717) is 5.69 Å². The van der Waals surface area contributed by atoms with Gasteiger partial charge in [-0.1, -0.05) is 0 Å². The summed E-state index contributed by atoms with van der Waals surface area (Å²) < 4.78 is 0.740. The van der Waals surface area contributed by atoms with Gasteiger partial charge in [0.25, 0.3) is 0 Å². The van der Waals surface area contributed by atoms with Gasteiger partial charge in [0.15, 0.2) is 0 Å². The van der Waals surface area contributed by atoms with E-state index in [2.05, 4.69) is 4.98 Å². The van der Waals surface area contributed by atoms with Crippen molar-refractivity contribution in [1.82, 2.24) is 4.98 Å². The fourth-order valence-electron chi connectivity index (χ4n) is 0.802. The van der Waals surface area contributed by atoms with Crippen molar-refractivity contribution < 1.29 is 10.2 Å². The van der Waals surface area contributed by atoms with Gasteiger partial charge in [-0.25, -0.2) is 4.98 Å². The lowest BCUT2D eigenvalue weighted by Gasteiger charge is -2.09. The van der Waals surface area contributed by atoms with Crippen LogP contribution in [-0.4, -0.2) is 21.8 Å². The van der Waals surface area contributed by atoms with Crippen molar-refractivity contribution in [2.45, 2.75) is 6.04 Å². The van der Waals surface area contributed by atoms with E-state index < -0.39 is 6.04 Å². The Morgan fingerprint density at radius 3 is 2.83 bits per heavy atom. The van der Waals surface area contributed by atoms with Crippen LogP contribution in [0, 0.1) is 3.70 Å². The zero-order valence-corrected chi connectivity index (χ0v) is 8.39. The summed E-state index contributed by atoms with van der Waals surface area (Å²) in [6.45, 7) is -0.222. The summed E-state index contributed by atoms with van der Waals surface area (Å²) in [6, 6.07) is 2.57. The lowest BCUT2D eigenvalue weighted by Crippen LogP contribution is -2.16. The minimum Gasteiger partial charge on any atom is -0.506 e. The second-order valence-corrected chi connectivity index (χ2v) is 3.43. The van der Waals surface area contributed by atoms with Crippen molar-refractivity contribution in [3.8, 4) is 5.75 Å². The predicted octanol–water partition coefficient (Wildman–Crippen LogP) is 0.384. The summed E-state index contributed by atoms with van der Waals surface area (Å²) in [6.07, 6.45) is 0. The standard InChI is InChI=1S/C7H9IN2O2/c8-6-2-1-5(12)7(10-6)4(9)3-11/h1-2,4,11-12H,3,9H2. The van der Waals surface area contributed by atoms with Crippen LogP contribution < -0.4 is 5.73 Å². The van der Waals surface area contributed by atoms with Crippen molar-refractivity contribution in [2.75, 3.05) is 6.61 Å². The summed E-state index contributed by atoms with van der Waals surface area (Å²) in [5, 5.41) is 18.0. The van der Waals surface area contributed by atoms with E-state index in [1.165, 1.54) is 6.07 Å². The van der Waals surface area contributed by atoms with E-state index in [9.17, 15) is 5.11 Å². The topological polar surface area (TPSA) is 79.4 Å². The van der Waals surface area contributed by atoms with E-state index in [1.807, 2.05) is 22.6 Å². The number of aliphatic hydroxyl groups is 1. The molecular weight excluding hydrogens is 271 g/mol. The fraction of sp³-hybridized carbons (Fsp3) is 0.286. The van der Waals surface area contributed by atoms with Crippen LogP contribution in [0.2, 0.25) is 0 Å². The van der Waals surface area contributed by atoms with Crippen LogP contribution in [0.5, 0.6) is 5.75 Å². The van der Waals surface area contributed by atoms with Gasteiger partial charge >= 0.3 is 0 Å². The third kappa shape index (κ3) is 2.05. The molecule has 0 saturated carbocycles. The van der Waals surface area contributed by atoms with Gasteiger partial charge in [0.1, 0.15) is 15.1 Å². The van der Waals surface area contributed by atoms with Crippen LogP contribution in [0.15, 0.2) is 12.1 Å². The van der Waals surface area contributed by atoms with Crippen LogP contribution in [-0.2, 0) is 0 Å². The maximum Gasteiger partial charge on any atom is 0.138 e. The van der Waals surface area contributed by atoms with Crippen molar-refractivity contribution in [2.24, 2.45) is 5.73 Å². The number of nitrogens with two attached hydrogens (primary N) is 1. The van der Waals surface area contributed by atoms with Gasteiger partial charge in [-0.05, 0) is 34.7 Å². The van der Waals surface area contributed by atoms with E-state index in [-0.39, 0.29) is 12.4 Å². The van der Waals surface area contributed by atoms with Gasteiger partial charge in [0.2, 0.25) is 0 Å². The summed E-state index contributed by atoms with van der Waals surface area (Å²) >= 11 is 2.01. The molecule has 1 aromatic rings. The average molecular weight is 280 g/mol. The number of aromatic nitrogens is 1. The lowest BCUT2D eigenvalue weighted by atomic mass is 10.2. The highest BCUT2D eigenvalue weighted by Gasteiger charge is 2.11. The molecule has 0 spiro atoms. The van der Waals surface area contributed by atoms with Crippen molar-refractivity contribution in [1.29, 1.82) is 0 Å². The second kappa shape index (κ2) is 4.01. The minimum absolute atomic E-state index is 0.0250. The van der Waals surface area contributed by atoms with Crippen molar-refractivity contribution in [3.05, 3.63) is 21.5 Å². The molecule has 0 saturated heterocycles. The Bertz CT molecular complexity index is 280. The number of halogens is 1. The summed E-state index contributed by atoms with van der Waals surface area (Å²) in [5.74, 6) is 0.0250. The molecule has 1 unspecified atom stereocenters. The summed E-state index contributed by atoms with van der Waals surface area (Å²) in [4.78, 5) is 4.00. The van der Waals surface area contributed by atoms with Gasteiger partial charge in [-0.2, -0.15) is 0 Å². The molecule has 1 atom stereocenters. The van der Waals surface area contributed by atoms with Crippen molar-refractivity contribution >= 4 is 22.6 Å². The molecule has 0 radical (unpaired) electrons. The number of aromatic hydroxyl groups is 1. The van der Waals surface area contributed by atoms with Gasteiger partial charge in [-0.15, -0.1) is 0 Å². The molecule has 5 heteroatoms. The predicted molar refractivity (Wildman–Crippen MR) is 52.6 cm³/mol. The third-order valence-corrected chi connectivity index (χ3v) is 2.02. The molecule has 66 valence electrons. The molecular formula is C7H9IN2O2. The molecule has 1 aromatic heterocycles. The maximum atomic E-state index is 9.28. The van der Waals surface area contributed by atoms with E-state index in [1.54, 1.807) is 6.07 Å². The fourth-order valence-corrected chi connectivity index (χ4v) is 1.24. The number of pyridine rings is 1. The molecule has 12 heavy (non-hydrogen) atoms. The quantitative estimate of drug-likeness (QED) is 0.540. The zero-order chi connectivity index (χ0) is 9.14. The van der Waals surface area contributed by atoms with Crippen LogP contribution >= 0.6 is 22.6 Å². The first-order valence-electron chi connectivity index (χ1n) is 3.37. The Morgan fingerprint density at radius 2 is 2.25 bits per heavy atom. The molecule has 1 heterocycles. The normalized spacial score (nSPS) is 12.9. The average Bonchev–Trinajstić information content (AvgIpc) is 2.08. The Kier molecular flexibility index (Phi) is 3.24. The lowest BCUT2D eigenvalue weighted by molar-refractivity contribution is 0.262. The highest BCUT2D eigenvalue weighted by molar-refractivity contribution is 14.1. The maximum absolute atomic E-state index is 9.28. The molecule has 1 rings (SSSR count). The molecule has 0 aliphatic heterocycles. The SMILES string of the molecule is NC(CO)c1nc(I)ccc1O. The number of nitrogens with zero attached hydrogens (tertiary/aromatic N) is 1. The second-order valence-electron chi connectivity index (χ2n) is 2.33. The Morgan fingerprint density at radius 1 is 1.58 bits per heavy atom. The summed E-state index contributed by atoms with van der Waals surface area (Å²) in [5.41, 5.74) is 5.83. The number of hydrogen-bond acceptors (Lipinski definition) is 4. The first kappa shape index (κ1) is 9.69. The number of aliphatic hydroxyl groups excluding tert-OH is 1. The molecule has 0 aliphatic carbocycles. The first-order chi connectivity index (χ1) is 5.65. The van der Waals surface area contributed by atoms with Gasteiger partial charge in [0.05, 0.1) is 12.6 Å². The van der Waals surface area contributed by atoms with Crippen LogP contribution in [0.4, 0.5) is 0 Å². The largest absolute Gasteiger partial charge is 0.506 e. The minimum atomic E-state index is -0.611. The zero-order valence-electron chi connectivity index (χ0n) is 6.24. The van der Waals surface area contributed by atoms with Crippen LogP contribution in [0.25, 0.3) is 0 Å². The van der Waals surface area contributed by atoms with Gasteiger partial charge in [0, 0.05) is 0 Å². The Labute approximate surface area is 83.6 Å². The highest BCUT2D eigenvalue weighted by Crippen LogP contribution is 2.20. The van der Waals surface area contributed by atoms with Gasteiger partial charge < -0.3 is 15.9 Å². The third-order valence-electron chi connectivity index (χ3n) is 1.42.